The summed E-state index contributed by atoms with van der Waals surface area (Å²) in [5.41, 5.74) is 4.83. The number of hydrogen-bond acceptors (Lipinski definition) is 4. The van der Waals surface area contributed by atoms with Crippen molar-refractivity contribution in [3.63, 3.8) is 0 Å². The zero-order valence-corrected chi connectivity index (χ0v) is 12.5. The zero-order chi connectivity index (χ0) is 16.7. The number of carbonyl (C=O) groups is 3. The number of nitrogens with zero attached hydrogens (tertiary/aromatic N) is 1. The predicted molar refractivity (Wildman–Crippen MR) is 84.1 cm³/mol. The van der Waals surface area contributed by atoms with Gasteiger partial charge in [0.15, 0.2) is 11.7 Å². The molecular formula is C17H14N4O3. The molecule has 0 aromatic heterocycles. The summed E-state index contributed by atoms with van der Waals surface area (Å²) in [5, 5.41) is 2.79. The summed E-state index contributed by atoms with van der Waals surface area (Å²) in [4.78, 5) is 38.3. The fraction of sp³-hybridized carbons (Fsp3) is 0.118. The van der Waals surface area contributed by atoms with Crippen molar-refractivity contribution in [2.45, 2.75) is 11.7 Å². The highest BCUT2D eigenvalue weighted by Crippen LogP contribution is 2.36. The SMILES string of the molecule is O=C1NNC1N1C(=O)NC(c2ccccc2)(c2ccccc2)C1=O. The average Bonchev–Trinajstić information content (AvgIpc) is 2.88. The molecule has 1 atom stereocenters. The molecule has 2 saturated heterocycles. The Kier molecular flexibility index (Phi) is 3.10. The van der Waals surface area contributed by atoms with E-state index in [-0.39, 0.29) is 0 Å². The van der Waals surface area contributed by atoms with Gasteiger partial charge in [0.05, 0.1) is 0 Å². The average molecular weight is 322 g/mol. The molecule has 2 aliphatic heterocycles. The molecule has 1 unspecified atom stereocenters. The van der Waals surface area contributed by atoms with E-state index in [1.165, 1.54) is 0 Å². The second-order valence-electron chi connectivity index (χ2n) is 5.62. The minimum absolute atomic E-state index is 0.421. The molecule has 2 fully saturated rings. The molecule has 0 aliphatic carbocycles. The molecule has 4 amide bonds. The third-order valence-electron chi connectivity index (χ3n) is 4.31. The fourth-order valence-corrected chi connectivity index (χ4v) is 3.09. The van der Waals surface area contributed by atoms with Crippen LogP contribution in [0.1, 0.15) is 11.1 Å². The van der Waals surface area contributed by atoms with E-state index in [0.29, 0.717) is 11.1 Å². The van der Waals surface area contributed by atoms with E-state index in [2.05, 4.69) is 16.2 Å². The van der Waals surface area contributed by atoms with Crippen molar-refractivity contribution in [3.05, 3.63) is 71.8 Å². The van der Waals surface area contributed by atoms with Crippen molar-refractivity contribution >= 4 is 17.8 Å². The number of benzene rings is 2. The predicted octanol–water partition coefficient (Wildman–Crippen LogP) is 0.443. The smallest absolute Gasteiger partial charge is 0.315 e. The first-order chi connectivity index (χ1) is 11.6. The summed E-state index contributed by atoms with van der Waals surface area (Å²) >= 11 is 0. The second-order valence-corrected chi connectivity index (χ2v) is 5.62. The van der Waals surface area contributed by atoms with Gasteiger partial charge < -0.3 is 5.32 Å². The standard InChI is InChI=1S/C17H14N4O3/c22-14-13(19-20-14)21-15(23)17(18-16(21)24,11-7-3-1-4-8-11)12-9-5-2-6-10-12/h1-10,13,19H,(H,18,24)(H,20,22). The van der Waals surface area contributed by atoms with E-state index in [9.17, 15) is 14.4 Å². The third-order valence-corrected chi connectivity index (χ3v) is 4.31. The maximum Gasteiger partial charge on any atom is 0.327 e. The molecule has 120 valence electrons. The highest BCUT2D eigenvalue weighted by molar-refractivity contribution is 6.12. The van der Waals surface area contributed by atoms with Crippen LogP contribution in [0.3, 0.4) is 0 Å². The molecule has 4 rings (SSSR count). The number of amides is 4. The molecular weight excluding hydrogens is 308 g/mol. The molecule has 0 bridgehead atoms. The topological polar surface area (TPSA) is 90.5 Å². The monoisotopic (exact) mass is 322 g/mol. The Morgan fingerprint density at radius 2 is 1.38 bits per heavy atom. The number of rotatable bonds is 3. The number of urea groups is 1. The summed E-state index contributed by atoms with van der Waals surface area (Å²) in [7, 11) is 0. The van der Waals surface area contributed by atoms with Crippen LogP contribution in [0, 0.1) is 0 Å². The third kappa shape index (κ3) is 1.85. The zero-order valence-electron chi connectivity index (χ0n) is 12.5. The molecule has 2 aromatic rings. The summed E-state index contributed by atoms with van der Waals surface area (Å²) in [6, 6.07) is 17.4. The molecule has 3 N–H and O–H groups in total. The Balaban J connectivity index is 1.88. The van der Waals surface area contributed by atoms with Crippen molar-refractivity contribution in [2.24, 2.45) is 0 Å². The maximum absolute atomic E-state index is 13.2. The van der Waals surface area contributed by atoms with Crippen LogP contribution in [-0.2, 0) is 15.1 Å². The van der Waals surface area contributed by atoms with E-state index in [0.717, 1.165) is 4.90 Å². The van der Waals surface area contributed by atoms with E-state index >= 15 is 0 Å². The van der Waals surface area contributed by atoms with E-state index in [1.54, 1.807) is 48.5 Å². The number of nitrogens with one attached hydrogen (secondary N) is 3. The summed E-state index contributed by atoms with van der Waals surface area (Å²) in [6.45, 7) is 0. The van der Waals surface area contributed by atoms with Crippen LogP contribution >= 0.6 is 0 Å². The van der Waals surface area contributed by atoms with Gasteiger partial charge in [-0.2, -0.15) is 0 Å². The van der Waals surface area contributed by atoms with Gasteiger partial charge in [-0.3, -0.25) is 15.0 Å². The highest BCUT2D eigenvalue weighted by atomic mass is 16.2. The van der Waals surface area contributed by atoms with E-state index in [1.807, 2.05) is 12.1 Å². The Labute approximate surface area is 137 Å². The first-order valence-corrected chi connectivity index (χ1v) is 7.47. The van der Waals surface area contributed by atoms with Crippen LogP contribution in [0.2, 0.25) is 0 Å². The minimum atomic E-state index is -1.35. The molecule has 0 radical (unpaired) electrons. The van der Waals surface area contributed by atoms with Crippen LogP contribution in [0.4, 0.5) is 4.79 Å². The fourth-order valence-electron chi connectivity index (χ4n) is 3.09. The quantitative estimate of drug-likeness (QED) is 0.715. The van der Waals surface area contributed by atoms with Gasteiger partial charge in [0, 0.05) is 0 Å². The van der Waals surface area contributed by atoms with Gasteiger partial charge in [0.2, 0.25) is 0 Å². The van der Waals surface area contributed by atoms with Crippen LogP contribution in [0.15, 0.2) is 60.7 Å². The summed E-state index contributed by atoms with van der Waals surface area (Å²) in [5.74, 6) is -0.910. The number of hydrazine groups is 1. The molecule has 2 aromatic carbocycles. The summed E-state index contributed by atoms with van der Waals surface area (Å²) < 4.78 is 0. The molecule has 2 aliphatic rings. The summed E-state index contributed by atoms with van der Waals surface area (Å²) in [6.07, 6.45) is -0.994. The van der Waals surface area contributed by atoms with Gasteiger partial charge >= 0.3 is 6.03 Å². The largest absolute Gasteiger partial charge is 0.327 e. The van der Waals surface area contributed by atoms with Crippen LogP contribution in [0.25, 0.3) is 0 Å². The lowest BCUT2D eigenvalue weighted by Crippen LogP contribution is -2.72. The van der Waals surface area contributed by atoms with Gasteiger partial charge in [-0.05, 0) is 11.1 Å². The molecule has 0 saturated carbocycles. The highest BCUT2D eigenvalue weighted by Gasteiger charge is 2.58. The Morgan fingerprint density at radius 1 is 0.833 bits per heavy atom. The number of hydrogen-bond donors (Lipinski definition) is 3. The van der Waals surface area contributed by atoms with Crippen LogP contribution in [-0.4, -0.2) is 28.9 Å². The molecule has 24 heavy (non-hydrogen) atoms. The Hall–Kier alpha value is -3.19. The van der Waals surface area contributed by atoms with Gasteiger partial charge in [-0.1, -0.05) is 60.7 Å². The molecule has 0 spiro atoms. The second kappa shape index (κ2) is 5.17. The molecule has 2 heterocycles. The lowest BCUT2D eigenvalue weighted by molar-refractivity contribution is -0.146. The van der Waals surface area contributed by atoms with Gasteiger partial charge in [0.1, 0.15) is 0 Å². The normalized spacial score (nSPS) is 21.9. The van der Waals surface area contributed by atoms with Gasteiger partial charge in [-0.25, -0.2) is 15.1 Å². The lowest BCUT2D eigenvalue weighted by Gasteiger charge is -2.34. The molecule has 7 heteroatoms. The van der Waals surface area contributed by atoms with Crippen molar-refractivity contribution in [1.29, 1.82) is 0 Å². The van der Waals surface area contributed by atoms with Crippen molar-refractivity contribution in [2.75, 3.05) is 0 Å². The van der Waals surface area contributed by atoms with Crippen molar-refractivity contribution in [3.8, 4) is 0 Å². The van der Waals surface area contributed by atoms with Crippen molar-refractivity contribution < 1.29 is 14.4 Å². The maximum atomic E-state index is 13.2. The van der Waals surface area contributed by atoms with Gasteiger partial charge in [0.25, 0.3) is 11.8 Å². The number of carbonyl (C=O) groups excluding carboxylic acids is 3. The number of imide groups is 1. The lowest BCUT2D eigenvalue weighted by atomic mass is 9.82. The van der Waals surface area contributed by atoms with Crippen LogP contribution in [0.5, 0.6) is 0 Å². The van der Waals surface area contributed by atoms with E-state index < -0.39 is 29.6 Å². The van der Waals surface area contributed by atoms with Crippen molar-refractivity contribution in [1.82, 2.24) is 21.1 Å². The minimum Gasteiger partial charge on any atom is -0.315 e. The first-order valence-electron chi connectivity index (χ1n) is 7.47. The molecule has 7 nitrogen and oxygen atoms in total. The first kappa shape index (κ1) is 14.4. The Morgan fingerprint density at radius 3 is 1.79 bits per heavy atom. The van der Waals surface area contributed by atoms with E-state index in [4.69, 9.17) is 0 Å². The Bertz CT molecular complexity index is 783. The van der Waals surface area contributed by atoms with Gasteiger partial charge in [-0.15, -0.1) is 0 Å². The van der Waals surface area contributed by atoms with Crippen LogP contribution < -0.4 is 16.2 Å².